The average molecular weight is 309 g/mol. The molecule has 1 aliphatic rings. The third kappa shape index (κ3) is 3.91. The van der Waals surface area contributed by atoms with Crippen molar-refractivity contribution in [2.24, 2.45) is 11.8 Å². The standard InChI is InChI=1S/C17H25ClN2O/c1-12(2)13-5-4-9-20(10-8-13)17(21)15-11-14(18)6-7-16(15)19-3/h6-7,11-13,19H,4-5,8-10H2,1-3H3. The smallest absolute Gasteiger partial charge is 0.256 e. The minimum Gasteiger partial charge on any atom is -0.387 e. The topological polar surface area (TPSA) is 32.3 Å². The van der Waals surface area contributed by atoms with Crippen LogP contribution in [0.2, 0.25) is 5.02 Å². The molecule has 116 valence electrons. The number of nitrogens with zero attached hydrogens (tertiary/aromatic N) is 1. The number of hydrogen-bond acceptors (Lipinski definition) is 2. The lowest BCUT2D eigenvalue weighted by atomic mass is 9.89. The van der Waals surface area contributed by atoms with E-state index in [1.54, 1.807) is 12.1 Å². The monoisotopic (exact) mass is 308 g/mol. The van der Waals surface area contributed by atoms with E-state index in [2.05, 4.69) is 19.2 Å². The van der Waals surface area contributed by atoms with Gasteiger partial charge in [0.25, 0.3) is 5.91 Å². The van der Waals surface area contributed by atoms with Crippen LogP contribution in [0, 0.1) is 11.8 Å². The Hall–Kier alpha value is -1.22. The highest BCUT2D eigenvalue weighted by Gasteiger charge is 2.24. The molecule has 1 fully saturated rings. The zero-order chi connectivity index (χ0) is 15.4. The highest BCUT2D eigenvalue weighted by atomic mass is 35.5. The lowest BCUT2D eigenvalue weighted by Gasteiger charge is -2.23. The van der Waals surface area contributed by atoms with E-state index in [1.807, 2.05) is 18.0 Å². The summed E-state index contributed by atoms with van der Waals surface area (Å²) in [5.74, 6) is 1.51. The number of carbonyl (C=O) groups excluding carboxylic acids is 1. The third-order valence-corrected chi connectivity index (χ3v) is 4.72. The Morgan fingerprint density at radius 2 is 2.10 bits per heavy atom. The van der Waals surface area contributed by atoms with Gasteiger partial charge in [0.1, 0.15) is 0 Å². The summed E-state index contributed by atoms with van der Waals surface area (Å²) in [4.78, 5) is 14.8. The number of anilines is 1. The molecular formula is C17H25ClN2O. The Balaban J connectivity index is 2.15. The maximum atomic E-state index is 12.8. The molecule has 3 nitrogen and oxygen atoms in total. The molecule has 1 saturated heterocycles. The first kappa shape index (κ1) is 16.2. The lowest BCUT2D eigenvalue weighted by molar-refractivity contribution is 0.0760. The zero-order valence-electron chi connectivity index (χ0n) is 13.2. The van der Waals surface area contributed by atoms with Gasteiger partial charge in [-0.2, -0.15) is 0 Å². The molecule has 1 amide bonds. The van der Waals surface area contributed by atoms with E-state index >= 15 is 0 Å². The first-order valence-corrected chi connectivity index (χ1v) is 8.17. The molecule has 1 aromatic carbocycles. The number of nitrogens with one attached hydrogen (secondary N) is 1. The van der Waals surface area contributed by atoms with Crippen LogP contribution >= 0.6 is 11.6 Å². The molecule has 0 radical (unpaired) electrons. The summed E-state index contributed by atoms with van der Waals surface area (Å²) < 4.78 is 0. The first-order chi connectivity index (χ1) is 10.0. The quantitative estimate of drug-likeness (QED) is 0.904. The average Bonchev–Trinajstić information content (AvgIpc) is 2.72. The summed E-state index contributed by atoms with van der Waals surface area (Å²) in [6.45, 7) is 6.24. The fraction of sp³-hybridized carbons (Fsp3) is 0.588. The Bertz CT molecular complexity index is 502. The molecule has 21 heavy (non-hydrogen) atoms. The van der Waals surface area contributed by atoms with E-state index in [0.29, 0.717) is 16.5 Å². The Labute approximate surface area is 132 Å². The van der Waals surface area contributed by atoms with Gasteiger partial charge >= 0.3 is 0 Å². The van der Waals surface area contributed by atoms with E-state index in [1.165, 1.54) is 6.42 Å². The van der Waals surface area contributed by atoms with Gasteiger partial charge in [0.2, 0.25) is 0 Å². The van der Waals surface area contributed by atoms with Crippen LogP contribution in [0.25, 0.3) is 0 Å². The van der Waals surface area contributed by atoms with E-state index in [-0.39, 0.29) is 5.91 Å². The molecule has 0 aromatic heterocycles. The van der Waals surface area contributed by atoms with Gasteiger partial charge in [0.15, 0.2) is 0 Å². The second-order valence-electron chi connectivity index (χ2n) is 6.17. The minimum atomic E-state index is 0.0891. The number of carbonyl (C=O) groups is 1. The predicted octanol–water partition coefficient (Wildman–Crippen LogP) is 4.28. The molecule has 0 aliphatic carbocycles. The van der Waals surface area contributed by atoms with Gasteiger partial charge < -0.3 is 10.2 Å². The summed E-state index contributed by atoms with van der Waals surface area (Å²) in [7, 11) is 1.83. The number of hydrogen-bond donors (Lipinski definition) is 1. The highest BCUT2D eigenvalue weighted by molar-refractivity contribution is 6.31. The third-order valence-electron chi connectivity index (χ3n) is 4.48. The summed E-state index contributed by atoms with van der Waals surface area (Å²) >= 11 is 6.06. The van der Waals surface area contributed by atoms with E-state index in [4.69, 9.17) is 11.6 Å². The minimum absolute atomic E-state index is 0.0891. The van der Waals surface area contributed by atoms with Crippen LogP contribution in [0.15, 0.2) is 18.2 Å². The second-order valence-corrected chi connectivity index (χ2v) is 6.60. The summed E-state index contributed by atoms with van der Waals surface area (Å²) in [6.07, 6.45) is 3.40. The number of benzene rings is 1. The molecule has 2 rings (SSSR count). The van der Waals surface area contributed by atoms with Gasteiger partial charge in [-0.1, -0.05) is 25.4 Å². The molecule has 1 aromatic rings. The molecule has 1 heterocycles. The number of likely N-dealkylation sites (tertiary alicyclic amines) is 1. The van der Waals surface area contributed by atoms with Crippen LogP contribution in [0.5, 0.6) is 0 Å². The van der Waals surface area contributed by atoms with Gasteiger partial charge in [-0.3, -0.25) is 4.79 Å². The van der Waals surface area contributed by atoms with E-state index in [9.17, 15) is 4.79 Å². The van der Waals surface area contributed by atoms with E-state index in [0.717, 1.165) is 37.5 Å². The molecule has 1 atom stereocenters. The summed E-state index contributed by atoms with van der Waals surface area (Å²) in [5, 5.41) is 3.68. The van der Waals surface area contributed by atoms with Crippen molar-refractivity contribution in [1.82, 2.24) is 4.90 Å². The summed E-state index contributed by atoms with van der Waals surface area (Å²) in [5.41, 5.74) is 1.52. The molecule has 0 bridgehead atoms. The van der Waals surface area contributed by atoms with Crippen molar-refractivity contribution in [2.75, 3.05) is 25.5 Å². The fourth-order valence-electron chi connectivity index (χ4n) is 3.07. The molecular weight excluding hydrogens is 284 g/mol. The normalized spacial score (nSPS) is 19.5. The van der Waals surface area contributed by atoms with Crippen molar-refractivity contribution in [1.29, 1.82) is 0 Å². The molecule has 1 aliphatic heterocycles. The Morgan fingerprint density at radius 3 is 2.76 bits per heavy atom. The highest BCUT2D eigenvalue weighted by Crippen LogP contribution is 2.27. The van der Waals surface area contributed by atoms with Crippen LogP contribution in [0.1, 0.15) is 43.5 Å². The fourth-order valence-corrected chi connectivity index (χ4v) is 3.25. The number of halogens is 1. The number of amides is 1. The first-order valence-electron chi connectivity index (χ1n) is 7.79. The molecule has 1 N–H and O–H groups in total. The predicted molar refractivity (Wildman–Crippen MR) is 89.1 cm³/mol. The van der Waals surface area contributed by atoms with Gasteiger partial charge in [0.05, 0.1) is 5.56 Å². The zero-order valence-corrected chi connectivity index (χ0v) is 13.9. The van der Waals surface area contributed by atoms with Crippen molar-refractivity contribution in [2.45, 2.75) is 33.1 Å². The van der Waals surface area contributed by atoms with Crippen LogP contribution in [-0.2, 0) is 0 Å². The molecule has 4 heteroatoms. The van der Waals surface area contributed by atoms with Crippen LogP contribution in [0.4, 0.5) is 5.69 Å². The van der Waals surface area contributed by atoms with Crippen LogP contribution in [-0.4, -0.2) is 30.9 Å². The SMILES string of the molecule is CNc1ccc(Cl)cc1C(=O)N1CCCC(C(C)C)CC1. The molecule has 0 saturated carbocycles. The van der Waals surface area contributed by atoms with Crippen LogP contribution < -0.4 is 5.32 Å². The molecule has 1 unspecified atom stereocenters. The van der Waals surface area contributed by atoms with Crippen molar-refractivity contribution >= 4 is 23.2 Å². The second kappa shape index (κ2) is 7.17. The van der Waals surface area contributed by atoms with Gasteiger partial charge in [-0.25, -0.2) is 0 Å². The maximum absolute atomic E-state index is 12.8. The maximum Gasteiger partial charge on any atom is 0.256 e. The van der Waals surface area contributed by atoms with Crippen molar-refractivity contribution in [3.05, 3.63) is 28.8 Å². The van der Waals surface area contributed by atoms with Crippen LogP contribution in [0.3, 0.4) is 0 Å². The van der Waals surface area contributed by atoms with Gasteiger partial charge in [0, 0.05) is 30.8 Å². The Kier molecular flexibility index (Phi) is 5.51. The van der Waals surface area contributed by atoms with Gasteiger partial charge in [-0.05, 0) is 49.3 Å². The summed E-state index contributed by atoms with van der Waals surface area (Å²) in [6, 6.07) is 5.44. The Morgan fingerprint density at radius 1 is 1.33 bits per heavy atom. The molecule has 0 spiro atoms. The van der Waals surface area contributed by atoms with Gasteiger partial charge in [-0.15, -0.1) is 0 Å². The van der Waals surface area contributed by atoms with Crippen molar-refractivity contribution in [3.8, 4) is 0 Å². The lowest BCUT2D eigenvalue weighted by Crippen LogP contribution is -2.32. The van der Waals surface area contributed by atoms with Crippen molar-refractivity contribution < 1.29 is 4.79 Å². The van der Waals surface area contributed by atoms with E-state index < -0.39 is 0 Å². The number of rotatable bonds is 3. The van der Waals surface area contributed by atoms with Crippen molar-refractivity contribution in [3.63, 3.8) is 0 Å². The largest absolute Gasteiger partial charge is 0.387 e.